The third kappa shape index (κ3) is 4.26. The smallest absolute Gasteiger partial charge is 0.186 e. The zero-order valence-electron chi connectivity index (χ0n) is 13.1. The van der Waals surface area contributed by atoms with Crippen LogP contribution in [-0.2, 0) is 9.84 Å². The van der Waals surface area contributed by atoms with Crippen molar-refractivity contribution < 1.29 is 23.5 Å². The van der Waals surface area contributed by atoms with E-state index in [1.165, 1.54) is 0 Å². The third-order valence-electron chi connectivity index (χ3n) is 3.96. The van der Waals surface area contributed by atoms with Crippen LogP contribution in [-0.4, -0.2) is 61.7 Å². The Balaban J connectivity index is 2.30. The van der Waals surface area contributed by atoms with Crippen molar-refractivity contribution in [3.05, 3.63) is 36.5 Å². The molecule has 7 heteroatoms. The van der Waals surface area contributed by atoms with E-state index < -0.39 is 9.84 Å². The van der Waals surface area contributed by atoms with E-state index in [2.05, 4.69) is 4.98 Å². The molecule has 1 heterocycles. The largest absolute Gasteiger partial charge is 0.391 e. The highest BCUT2D eigenvalue weighted by atomic mass is 32.2. The molecular weight excluding hydrogens is 316 g/mol. The van der Waals surface area contributed by atoms with Crippen LogP contribution in [0.25, 0.3) is 10.9 Å². The van der Waals surface area contributed by atoms with Crippen molar-refractivity contribution in [2.24, 2.45) is 0 Å². The molecule has 0 aliphatic carbocycles. The third-order valence-corrected chi connectivity index (χ3v) is 5.90. The van der Waals surface area contributed by atoms with E-state index in [0.29, 0.717) is 18.6 Å². The molecule has 2 rings (SSSR count). The number of hydrogen-bond donors (Lipinski definition) is 3. The highest BCUT2D eigenvalue weighted by molar-refractivity contribution is 7.91. The fraction of sp³-hybridized carbons (Fsp3) is 0.438. The molecule has 6 nitrogen and oxygen atoms in total. The van der Waals surface area contributed by atoms with Crippen LogP contribution in [0.1, 0.15) is 6.92 Å². The number of para-hydroxylation sites is 1. The van der Waals surface area contributed by atoms with Gasteiger partial charge in [-0.1, -0.05) is 18.2 Å². The zero-order chi connectivity index (χ0) is 16.9. The quantitative estimate of drug-likeness (QED) is 0.590. The molecule has 0 bridgehead atoms. The standard InChI is InChI=1S/C16H22N2O4S/c1-13(18(8-10-19)9-11-20)12-23(21,22)15-6-2-4-14-5-3-7-17-16(14)15/h2-7,13,19-20H,8-12H2,1H3/p+1/t13-/m0/s1. The van der Waals surface area contributed by atoms with Crippen molar-refractivity contribution in [2.75, 3.05) is 32.1 Å². The second-order valence-corrected chi connectivity index (χ2v) is 7.62. The Morgan fingerprint density at radius 2 is 1.78 bits per heavy atom. The summed E-state index contributed by atoms with van der Waals surface area (Å²) in [6.45, 7) is 2.54. The molecule has 0 saturated carbocycles. The molecule has 3 N–H and O–H groups in total. The van der Waals surface area contributed by atoms with Crippen LogP contribution in [0.3, 0.4) is 0 Å². The molecule has 1 aromatic carbocycles. The Morgan fingerprint density at radius 1 is 1.13 bits per heavy atom. The molecular formula is C16H23N2O4S+. The molecule has 0 aliphatic heterocycles. The van der Waals surface area contributed by atoms with Crippen LogP contribution < -0.4 is 4.90 Å². The number of fused-ring (bicyclic) bond motifs is 1. The topological polar surface area (TPSA) is 91.9 Å². The second kappa shape index (κ2) is 7.83. The SMILES string of the molecule is C[C@@H](CS(=O)(=O)c1cccc2cccnc12)[NH+](CCO)CCO. The number of aromatic nitrogens is 1. The number of sulfone groups is 1. The first-order valence-corrected chi connectivity index (χ1v) is 9.27. The molecule has 0 aliphatic rings. The van der Waals surface area contributed by atoms with Crippen LogP contribution in [0.5, 0.6) is 0 Å². The van der Waals surface area contributed by atoms with Gasteiger partial charge in [-0.25, -0.2) is 8.42 Å². The predicted molar refractivity (Wildman–Crippen MR) is 88.1 cm³/mol. The van der Waals surface area contributed by atoms with Crippen LogP contribution in [0.4, 0.5) is 0 Å². The minimum Gasteiger partial charge on any atom is -0.391 e. The first-order chi connectivity index (χ1) is 11.0. The van der Waals surface area contributed by atoms with Crippen molar-refractivity contribution in [2.45, 2.75) is 17.9 Å². The maximum Gasteiger partial charge on any atom is 0.186 e. The van der Waals surface area contributed by atoms with Gasteiger partial charge in [0.05, 0.1) is 29.7 Å². The van der Waals surface area contributed by atoms with Gasteiger partial charge in [-0.15, -0.1) is 0 Å². The lowest BCUT2D eigenvalue weighted by atomic mass is 10.2. The van der Waals surface area contributed by atoms with Gasteiger partial charge < -0.3 is 15.1 Å². The van der Waals surface area contributed by atoms with Gasteiger partial charge in [0, 0.05) is 11.6 Å². The van der Waals surface area contributed by atoms with Gasteiger partial charge in [-0.3, -0.25) is 4.98 Å². The minimum atomic E-state index is -3.51. The summed E-state index contributed by atoms with van der Waals surface area (Å²) in [5, 5.41) is 19.0. The Labute approximate surface area is 136 Å². The van der Waals surface area contributed by atoms with Gasteiger partial charge in [0.1, 0.15) is 18.8 Å². The van der Waals surface area contributed by atoms with E-state index >= 15 is 0 Å². The van der Waals surface area contributed by atoms with E-state index in [9.17, 15) is 8.42 Å². The monoisotopic (exact) mass is 339 g/mol. The molecule has 0 fully saturated rings. The normalized spacial score (nSPS) is 13.6. The van der Waals surface area contributed by atoms with E-state index in [1.807, 2.05) is 19.1 Å². The number of rotatable bonds is 8. The molecule has 2 aromatic rings. The first-order valence-electron chi connectivity index (χ1n) is 7.62. The van der Waals surface area contributed by atoms with E-state index in [1.54, 1.807) is 24.4 Å². The number of quaternary nitrogens is 1. The second-order valence-electron chi connectivity index (χ2n) is 5.62. The van der Waals surface area contributed by atoms with E-state index in [4.69, 9.17) is 10.2 Å². The van der Waals surface area contributed by atoms with Crippen LogP contribution in [0, 0.1) is 0 Å². The average molecular weight is 339 g/mol. The highest BCUT2D eigenvalue weighted by Crippen LogP contribution is 2.21. The summed E-state index contributed by atoms with van der Waals surface area (Å²) in [6.07, 6.45) is 1.58. The number of hydrogen-bond acceptors (Lipinski definition) is 5. The number of nitrogens with one attached hydrogen (secondary N) is 1. The maximum atomic E-state index is 12.8. The highest BCUT2D eigenvalue weighted by Gasteiger charge is 2.27. The molecule has 126 valence electrons. The molecule has 0 spiro atoms. The van der Waals surface area contributed by atoms with Crippen molar-refractivity contribution in [3.8, 4) is 0 Å². The van der Waals surface area contributed by atoms with Gasteiger partial charge in [-0.2, -0.15) is 0 Å². The zero-order valence-corrected chi connectivity index (χ0v) is 14.0. The molecule has 23 heavy (non-hydrogen) atoms. The lowest BCUT2D eigenvalue weighted by Crippen LogP contribution is -3.17. The lowest BCUT2D eigenvalue weighted by molar-refractivity contribution is -0.921. The summed E-state index contributed by atoms with van der Waals surface area (Å²) >= 11 is 0. The number of benzene rings is 1. The summed E-state index contributed by atoms with van der Waals surface area (Å²) in [7, 11) is -3.51. The van der Waals surface area contributed by atoms with Gasteiger partial charge in [0.25, 0.3) is 0 Å². The van der Waals surface area contributed by atoms with E-state index in [0.717, 1.165) is 10.3 Å². The Hall–Kier alpha value is -1.54. The maximum absolute atomic E-state index is 12.8. The Kier molecular flexibility index (Phi) is 6.06. The first kappa shape index (κ1) is 17.8. The van der Waals surface area contributed by atoms with Crippen molar-refractivity contribution >= 4 is 20.7 Å². The molecule has 0 amide bonds. The minimum absolute atomic E-state index is 0.0461. The lowest BCUT2D eigenvalue weighted by Gasteiger charge is -2.24. The van der Waals surface area contributed by atoms with Gasteiger partial charge in [-0.05, 0) is 19.1 Å². The molecule has 0 radical (unpaired) electrons. The van der Waals surface area contributed by atoms with Gasteiger partial charge in [0.2, 0.25) is 0 Å². The predicted octanol–water partition coefficient (Wildman–Crippen LogP) is -0.733. The van der Waals surface area contributed by atoms with Crippen molar-refractivity contribution in [1.29, 1.82) is 0 Å². The molecule has 0 saturated heterocycles. The van der Waals surface area contributed by atoms with Crippen LogP contribution in [0.15, 0.2) is 41.4 Å². The number of aliphatic hydroxyl groups is 2. The number of nitrogens with zero attached hydrogens (tertiary/aromatic N) is 1. The van der Waals surface area contributed by atoms with Crippen molar-refractivity contribution in [1.82, 2.24) is 4.98 Å². The Bertz CT molecular complexity index is 737. The molecule has 0 unspecified atom stereocenters. The fourth-order valence-electron chi connectivity index (χ4n) is 2.77. The van der Waals surface area contributed by atoms with Crippen molar-refractivity contribution in [3.63, 3.8) is 0 Å². The van der Waals surface area contributed by atoms with Gasteiger partial charge in [0.15, 0.2) is 9.84 Å². The summed E-state index contributed by atoms with van der Waals surface area (Å²) < 4.78 is 25.6. The number of pyridine rings is 1. The Morgan fingerprint density at radius 3 is 2.43 bits per heavy atom. The summed E-state index contributed by atoms with van der Waals surface area (Å²) in [5.41, 5.74) is 0.480. The van der Waals surface area contributed by atoms with Crippen LogP contribution in [0.2, 0.25) is 0 Å². The van der Waals surface area contributed by atoms with Gasteiger partial charge >= 0.3 is 0 Å². The molecule has 1 atom stereocenters. The average Bonchev–Trinajstić information content (AvgIpc) is 2.53. The van der Waals surface area contributed by atoms with E-state index in [-0.39, 0.29) is 29.9 Å². The number of aliphatic hydroxyl groups excluding tert-OH is 2. The fourth-order valence-corrected chi connectivity index (χ4v) is 4.59. The summed E-state index contributed by atoms with van der Waals surface area (Å²) in [6, 6.07) is 8.50. The molecule has 1 aromatic heterocycles. The summed E-state index contributed by atoms with van der Waals surface area (Å²) in [4.78, 5) is 5.30. The van der Waals surface area contributed by atoms with Crippen LogP contribution >= 0.6 is 0 Å². The summed E-state index contributed by atoms with van der Waals surface area (Å²) in [5.74, 6) is -0.0575.